The summed E-state index contributed by atoms with van der Waals surface area (Å²) < 4.78 is 2.17. The van der Waals surface area contributed by atoms with Gasteiger partial charge >= 0.3 is 0 Å². The van der Waals surface area contributed by atoms with Crippen molar-refractivity contribution in [3.05, 3.63) is 35.8 Å². The predicted octanol–water partition coefficient (Wildman–Crippen LogP) is 3.31. The van der Waals surface area contributed by atoms with Crippen molar-refractivity contribution in [3.63, 3.8) is 0 Å². The molecule has 0 fully saturated rings. The normalized spacial score (nSPS) is 12.2. The van der Waals surface area contributed by atoms with Gasteiger partial charge in [0, 0.05) is 18.3 Å². The number of nitrogens with zero attached hydrogens (tertiary/aromatic N) is 2. The minimum atomic E-state index is 0.214. The van der Waals surface area contributed by atoms with Crippen LogP contribution >= 0.6 is 0 Å². The van der Waals surface area contributed by atoms with E-state index in [-0.39, 0.29) is 5.54 Å². The first-order valence-electron chi connectivity index (χ1n) is 6.77. The average molecular weight is 245 g/mol. The van der Waals surface area contributed by atoms with Gasteiger partial charge in [-0.25, -0.2) is 4.98 Å². The summed E-state index contributed by atoms with van der Waals surface area (Å²) in [4.78, 5) is 4.59. The summed E-state index contributed by atoms with van der Waals surface area (Å²) in [5.74, 6) is 0. The van der Waals surface area contributed by atoms with Gasteiger partial charge in [-0.2, -0.15) is 0 Å². The molecule has 2 rings (SSSR count). The maximum atomic E-state index is 4.59. The highest BCUT2D eigenvalue weighted by Crippen LogP contribution is 2.17. The van der Waals surface area contributed by atoms with Crippen LogP contribution in [0.3, 0.4) is 0 Å². The standard InChI is InChI=1S/C15H23N3/c1-5-15(4,6-2)16-11-13-12(3)17-14-9-7-8-10-18(13)14/h7-10,16H,5-6,11H2,1-4H3. The van der Waals surface area contributed by atoms with Crippen LogP contribution in [0, 0.1) is 6.92 Å². The first kappa shape index (κ1) is 13.1. The van der Waals surface area contributed by atoms with E-state index in [2.05, 4.69) is 60.7 Å². The van der Waals surface area contributed by atoms with Gasteiger partial charge in [-0.15, -0.1) is 0 Å². The van der Waals surface area contributed by atoms with Gasteiger partial charge in [-0.1, -0.05) is 19.9 Å². The lowest BCUT2D eigenvalue weighted by atomic mass is 9.95. The Morgan fingerprint density at radius 1 is 1.28 bits per heavy atom. The molecule has 0 saturated carbocycles. The van der Waals surface area contributed by atoms with Gasteiger partial charge < -0.3 is 9.72 Å². The maximum Gasteiger partial charge on any atom is 0.137 e. The third kappa shape index (κ3) is 2.41. The number of imidazole rings is 1. The molecule has 0 aromatic carbocycles. The van der Waals surface area contributed by atoms with E-state index in [0.717, 1.165) is 30.7 Å². The predicted molar refractivity (Wildman–Crippen MR) is 75.8 cm³/mol. The van der Waals surface area contributed by atoms with Crippen LogP contribution in [0.15, 0.2) is 24.4 Å². The van der Waals surface area contributed by atoms with Crippen LogP contribution in [0.1, 0.15) is 45.0 Å². The highest BCUT2D eigenvalue weighted by Gasteiger charge is 2.19. The SMILES string of the molecule is CCC(C)(CC)NCc1c(C)nc2ccccn12. The molecule has 0 radical (unpaired) electrons. The van der Waals surface area contributed by atoms with E-state index in [1.165, 1.54) is 5.69 Å². The summed E-state index contributed by atoms with van der Waals surface area (Å²) in [5, 5.41) is 3.67. The quantitative estimate of drug-likeness (QED) is 0.875. The van der Waals surface area contributed by atoms with E-state index in [4.69, 9.17) is 0 Å². The molecule has 2 aromatic rings. The first-order valence-corrected chi connectivity index (χ1v) is 6.77. The molecule has 0 aliphatic heterocycles. The molecule has 0 spiro atoms. The molecule has 98 valence electrons. The van der Waals surface area contributed by atoms with Crippen LogP contribution in [-0.4, -0.2) is 14.9 Å². The maximum absolute atomic E-state index is 4.59. The number of pyridine rings is 1. The molecule has 3 heteroatoms. The molecule has 3 nitrogen and oxygen atoms in total. The van der Waals surface area contributed by atoms with Crippen LogP contribution in [0.5, 0.6) is 0 Å². The molecule has 0 bridgehead atoms. The van der Waals surface area contributed by atoms with Crippen molar-refractivity contribution in [3.8, 4) is 0 Å². The number of aromatic nitrogens is 2. The Balaban J connectivity index is 2.24. The van der Waals surface area contributed by atoms with Crippen LogP contribution in [-0.2, 0) is 6.54 Å². The topological polar surface area (TPSA) is 29.3 Å². The molecule has 1 N–H and O–H groups in total. The Bertz CT molecular complexity index is 524. The lowest BCUT2D eigenvalue weighted by Crippen LogP contribution is -2.40. The fourth-order valence-electron chi connectivity index (χ4n) is 2.17. The van der Waals surface area contributed by atoms with Gasteiger partial charge in [0.05, 0.1) is 11.4 Å². The second-order valence-corrected chi connectivity index (χ2v) is 5.19. The van der Waals surface area contributed by atoms with Crippen molar-refractivity contribution >= 4 is 5.65 Å². The molecular formula is C15H23N3. The largest absolute Gasteiger partial charge is 0.306 e. The lowest BCUT2D eigenvalue weighted by molar-refractivity contribution is 0.327. The first-order chi connectivity index (χ1) is 8.59. The Morgan fingerprint density at radius 2 is 2.00 bits per heavy atom. The fourth-order valence-corrected chi connectivity index (χ4v) is 2.17. The summed E-state index contributed by atoms with van der Waals surface area (Å²) in [7, 11) is 0. The van der Waals surface area contributed by atoms with E-state index in [1.807, 2.05) is 6.07 Å². The number of hydrogen-bond acceptors (Lipinski definition) is 2. The van der Waals surface area contributed by atoms with Crippen molar-refractivity contribution < 1.29 is 0 Å². The van der Waals surface area contributed by atoms with Gasteiger partial charge in [-0.3, -0.25) is 0 Å². The monoisotopic (exact) mass is 245 g/mol. The molecule has 0 unspecified atom stereocenters. The van der Waals surface area contributed by atoms with E-state index in [1.54, 1.807) is 0 Å². The van der Waals surface area contributed by atoms with Gasteiger partial charge in [0.25, 0.3) is 0 Å². The molecule has 2 aromatic heterocycles. The third-order valence-electron chi connectivity index (χ3n) is 4.07. The van der Waals surface area contributed by atoms with Crippen molar-refractivity contribution in [1.29, 1.82) is 0 Å². The van der Waals surface area contributed by atoms with Crippen molar-refractivity contribution in [1.82, 2.24) is 14.7 Å². The number of rotatable bonds is 5. The van der Waals surface area contributed by atoms with Gasteiger partial charge in [0.2, 0.25) is 0 Å². The minimum absolute atomic E-state index is 0.214. The Hall–Kier alpha value is -1.35. The summed E-state index contributed by atoms with van der Waals surface area (Å²) in [6.07, 6.45) is 4.36. The molecule has 0 saturated heterocycles. The molecule has 0 aliphatic carbocycles. The third-order valence-corrected chi connectivity index (χ3v) is 4.07. The lowest BCUT2D eigenvalue weighted by Gasteiger charge is -2.28. The van der Waals surface area contributed by atoms with Crippen molar-refractivity contribution in [2.24, 2.45) is 0 Å². The molecule has 0 aliphatic rings. The van der Waals surface area contributed by atoms with E-state index >= 15 is 0 Å². The highest BCUT2D eigenvalue weighted by atomic mass is 15.1. The second-order valence-electron chi connectivity index (χ2n) is 5.19. The number of hydrogen-bond donors (Lipinski definition) is 1. The van der Waals surface area contributed by atoms with Crippen LogP contribution in [0.2, 0.25) is 0 Å². The zero-order valence-electron chi connectivity index (χ0n) is 11.8. The average Bonchev–Trinajstić information content (AvgIpc) is 2.72. The second kappa shape index (κ2) is 5.11. The smallest absolute Gasteiger partial charge is 0.137 e. The van der Waals surface area contributed by atoms with E-state index < -0.39 is 0 Å². The zero-order valence-corrected chi connectivity index (χ0v) is 11.8. The van der Waals surface area contributed by atoms with Gasteiger partial charge in [0.15, 0.2) is 0 Å². The van der Waals surface area contributed by atoms with Crippen LogP contribution in [0.25, 0.3) is 5.65 Å². The number of aryl methyl sites for hydroxylation is 1. The molecule has 0 atom stereocenters. The van der Waals surface area contributed by atoms with Gasteiger partial charge in [0.1, 0.15) is 5.65 Å². The number of fused-ring (bicyclic) bond motifs is 1. The minimum Gasteiger partial charge on any atom is -0.306 e. The molecular weight excluding hydrogens is 222 g/mol. The summed E-state index contributed by atoms with van der Waals surface area (Å²) >= 11 is 0. The van der Waals surface area contributed by atoms with E-state index in [9.17, 15) is 0 Å². The molecule has 2 heterocycles. The van der Waals surface area contributed by atoms with Gasteiger partial charge in [-0.05, 0) is 38.8 Å². The summed E-state index contributed by atoms with van der Waals surface area (Å²) in [6, 6.07) is 6.13. The molecule has 0 amide bonds. The highest BCUT2D eigenvalue weighted by molar-refractivity contribution is 5.42. The van der Waals surface area contributed by atoms with Crippen molar-refractivity contribution in [2.75, 3.05) is 0 Å². The van der Waals surface area contributed by atoms with Crippen LogP contribution < -0.4 is 5.32 Å². The van der Waals surface area contributed by atoms with E-state index in [0.29, 0.717) is 0 Å². The number of nitrogens with one attached hydrogen (secondary N) is 1. The van der Waals surface area contributed by atoms with Crippen molar-refractivity contribution in [2.45, 2.75) is 52.6 Å². The zero-order chi connectivity index (χ0) is 13.2. The Labute approximate surface area is 109 Å². The Morgan fingerprint density at radius 3 is 2.67 bits per heavy atom. The summed E-state index contributed by atoms with van der Waals surface area (Å²) in [6.45, 7) is 9.70. The molecule has 18 heavy (non-hydrogen) atoms. The Kier molecular flexibility index (Phi) is 3.71. The summed E-state index contributed by atoms with van der Waals surface area (Å²) in [5.41, 5.74) is 3.62. The van der Waals surface area contributed by atoms with Crippen LogP contribution in [0.4, 0.5) is 0 Å². The fraction of sp³-hybridized carbons (Fsp3) is 0.533.